The van der Waals surface area contributed by atoms with Gasteiger partial charge in [-0.05, 0) is 50.3 Å². The molecule has 1 aromatic carbocycles. The molecule has 1 aliphatic carbocycles. The molecule has 0 N–H and O–H groups in total. The fourth-order valence-corrected chi connectivity index (χ4v) is 3.56. The summed E-state index contributed by atoms with van der Waals surface area (Å²) in [6.45, 7) is 8.40. The van der Waals surface area contributed by atoms with Gasteiger partial charge in [0.15, 0.2) is 0 Å². The van der Waals surface area contributed by atoms with Crippen LogP contribution in [0.5, 0.6) is 0 Å². The van der Waals surface area contributed by atoms with Crippen molar-refractivity contribution in [1.29, 1.82) is 0 Å². The van der Waals surface area contributed by atoms with Crippen molar-refractivity contribution in [2.24, 2.45) is 11.8 Å². The lowest BCUT2D eigenvalue weighted by Crippen LogP contribution is -2.36. The summed E-state index contributed by atoms with van der Waals surface area (Å²) in [5.74, 6) is 1.47. The van der Waals surface area contributed by atoms with Crippen molar-refractivity contribution < 1.29 is 4.79 Å². The summed E-state index contributed by atoms with van der Waals surface area (Å²) in [6.07, 6.45) is 5.51. The van der Waals surface area contributed by atoms with Crippen LogP contribution < -0.4 is 4.90 Å². The SMILES string of the molecule is CCCC1CCC(=O)C(CN(CC)c2cccc(C)c2)C1. The van der Waals surface area contributed by atoms with Gasteiger partial charge in [0, 0.05) is 31.1 Å². The predicted octanol–water partition coefficient (Wildman–Crippen LogP) is 4.61. The molecular weight excluding hydrogens is 258 g/mol. The zero-order valence-corrected chi connectivity index (χ0v) is 13.8. The highest BCUT2D eigenvalue weighted by atomic mass is 16.1. The van der Waals surface area contributed by atoms with Crippen molar-refractivity contribution in [1.82, 2.24) is 0 Å². The molecule has 0 amide bonds. The molecule has 2 nitrogen and oxygen atoms in total. The number of Topliss-reactive ketones (excluding diaryl/α,β-unsaturated/α-hetero) is 1. The van der Waals surface area contributed by atoms with Crippen molar-refractivity contribution in [2.45, 2.75) is 52.9 Å². The minimum absolute atomic E-state index is 0.232. The molecule has 0 aliphatic heterocycles. The molecule has 1 saturated carbocycles. The Kier molecular flexibility index (Phi) is 5.84. The number of rotatable bonds is 6. The van der Waals surface area contributed by atoms with E-state index in [0.29, 0.717) is 5.78 Å². The van der Waals surface area contributed by atoms with Crippen LogP contribution in [0.4, 0.5) is 5.69 Å². The Labute approximate surface area is 129 Å². The zero-order valence-electron chi connectivity index (χ0n) is 13.8. The number of aryl methyl sites for hydroxylation is 1. The topological polar surface area (TPSA) is 20.3 Å². The number of ketones is 1. The zero-order chi connectivity index (χ0) is 15.2. The molecule has 0 saturated heterocycles. The van der Waals surface area contributed by atoms with Gasteiger partial charge in [0.25, 0.3) is 0 Å². The molecule has 0 radical (unpaired) electrons. The number of benzene rings is 1. The van der Waals surface area contributed by atoms with E-state index in [9.17, 15) is 4.79 Å². The van der Waals surface area contributed by atoms with Gasteiger partial charge in [-0.1, -0.05) is 31.9 Å². The Morgan fingerprint density at radius 2 is 2.10 bits per heavy atom. The lowest BCUT2D eigenvalue weighted by molar-refractivity contribution is -0.125. The minimum atomic E-state index is 0.232. The molecule has 0 heterocycles. The maximum absolute atomic E-state index is 12.3. The third-order valence-electron chi connectivity index (χ3n) is 4.76. The van der Waals surface area contributed by atoms with E-state index in [0.717, 1.165) is 38.3 Å². The summed E-state index contributed by atoms with van der Waals surface area (Å²) in [6, 6.07) is 8.62. The molecule has 2 rings (SSSR count). The van der Waals surface area contributed by atoms with Gasteiger partial charge in [-0.25, -0.2) is 0 Å². The van der Waals surface area contributed by atoms with Gasteiger partial charge in [-0.2, -0.15) is 0 Å². The Bertz CT molecular complexity index is 468. The molecule has 0 spiro atoms. The Balaban J connectivity index is 2.04. The quantitative estimate of drug-likeness (QED) is 0.761. The average molecular weight is 287 g/mol. The van der Waals surface area contributed by atoms with E-state index in [1.807, 2.05) is 0 Å². The monoisotopic (exact) mass is 287 g/mol. The molecular formula is C19H29NO. The first-order valence-electron chi connectivity index (χ1n) is 8.48. The van der Waals surface area contributed by atoms with Crippen molar-refractivity contribution >= 4 is 11.5 Å². The van der Waals surface area contributed by atoms with Crippen LogP contribution in [0, 0.1) is 18.8 Å². The molecule has 1 aliphatic rings. The molecule has 2 atom stereocenters. The van der Waals surface area contributed by atoms with Crippen LogP contribution in [-0.4, -0.2) is 18.9 Å². The number of nitrogens with zero attached hydrogens (tertiary/aromatic N) is 1. The number of hydrogen-bond donors (Lipinski definition) is 0. The van der Waals surface area contributed by atoms with E-state index in [-0.39, 0.29) is 5.92 Å². The Morgan fingerprint density at radius 1 is 1.29 bits per heavy atom. The Morgan fingerprint density at radius 3 is 2.76 bits per heavy atom. The standard InChI is InChI=1S/C19H29NO/c1-4-7-16-10-11-19(21)17(13-16)14-20(5-2)18-9-6-8-15(3)12-18/h6,8-9,12,16-17H,4-5,7,10-11,13-14H2,1-3H3. The van der Waals surface area contributed by atoms with E-state index < -0.39 is 0 Å². The maximum atomic E-state index is 12.3. The first kappa shape index (κ1) is 16.1. The second kappa shape index (κ2) is 7.63. The number of hydrogen-bond acceptors (Lipinski definition) is 2. The highest BCUT2D eigenvalue weighted by Crippen LogP contribution is 2.31. The molecule has 2 heteroatoms. The molecule has 0 aromatic heterocycles. The largest absolute Gasteiger partial charge is 0.371 e. The maximum Gasteiger partial charge on any atom is 0.137 e. The summed E-state index contributed by atoms with van der Waals surface area (Å²) in [4.78, 5) is 14.6. The highest BCUT2D eigenvalue weighted by Gasteiger charge is 2.29. The molecule has 1 fully saturated rings. The second-order valence-corrected chi connectivity index (χ2v) is 6.47. The van der Waals surface area contributed by atoms with Gasteiger partial charge in [-0.15, -0.1) is 0 Å². The van der Waals surface area contributed by atoms with Crippen molar-refractivity contribution in [2.75, 3.05) is 18.0 Å². The molecule has 0 bridgehead atoms. The first-order valence-corrected chi connectivity index (χ1v) is 8.48. The number of carbonyl (C=O) groups excluding carboxylic acids is 1. The molecule has 21 heavy (non-hydrogen) atoms. The lowest BCUT2D eigenvalue weighted by Gasteiger charge is -2.33. The van der Waals surface area contributed by atoms with E-state index >= 15 is 0 Å². The fraction of sp³-hybridized carbons (Fsp3) is 0.632. The summed E-state index contributed by atoms with van der Waals surface area (Å²) in [5.41, 5.74) is 2.53. The smallest absolute Gasteiger partial charge is 0.137 e. The van der Waals surface area contributed by atoms with Gasteiger partial charge in [0.2, 0.25) is 0 Å². The van der Waals surface area contributed by atoms with Gasteiger partial charge in [0.05, 0.1) is 0 Å². The minimum Gasteiger partial charge on any atom is -0.371 e. The van der Waals surface area contributed by atoms with Crippen LogP contribution in [0.2, 0.25) is 0 Å². The van der Waals surface area contributed by atoms with Gasteiger partial charge >= 0.3 is 0 Å². The average Bonchev–Trinajstić information content (AvgIpc) is 2.48. The second-order valence-electron chi connectivity index (χ2n) is 6.47. The van der Waals surface area contributed by atoms with E-state index in [4.69, 9.17) is 0 Å². The fourth-order valence-electron chi connectivity index (χ4n) is 3.56. The van der Waals surface area contributed by atoms with Gasteiger partial charge in [-0.3, -0.25) is 4.79 Å². The van der Waals surface area contributed by atoms with Crippen LogP contribution in [0.15, 0.2) is 24.3 Å². The van der Waals surface area contributed by atoms with Crippen LogP contribution in [0.3, 0.4) is 0 Å². The highest BCUT2D eigenvalue weighted by molar-refractivity contribution is 5.82. The summed E-state index contributed by atoms with van der Waals surface area (Å²) < 4.78 is 0. The van der Waals surface area contributed by atoms with Crippen molar-refractivity contribution in [3.05, 3.63) is 29.8 Å². The van der Waals surface area contributed by atoms with E-state index in [1.165, 1.54) is 24.1 Å². The predicted molar refractivity (Wildman–Crippen MR) is 89.8 cm³/mol. The third kappa shape index (κ3) is 4.33. The van der Waals surface area contributed by atoms with E-state index in [1.54, 1.807) is 0 Å². The third-order valence-corrected chi connectivity index (χ3v) is 4.76. The van der Waals surface area contributed by atoms with E-state index in [2.05, 4.69) is 49.9 Å². The van der Waals surface area contributed by atoms with Crippen LogP contribution in [0.1, 0.15) is 51.5 Å². The first-order chi connectivity index (χ1) is 10.1. The summed E-state index contributed by atoms with van der Waals surface area (Å²) in [5, 5.41) is 0. The molecule has 2 unspecified atom stereocenters. The van der Waals surface area contributed by atoms with Gasteiger partial charge < -0.3 is 4.90 Å². The molecule has 116 valence electrons. The Hall–Kier alpha value is -1.31. The lowest BCUT2D eigenvalue weighted by atomic mass is 9.78. The normalized spacial score (nSPS) is 22.3. The molecule has 1 aromatic rings. The van der Waals surface area contributed by atoms with Crippen LogP contribution >= 0.6 is 0 Å². The van der Waals surface area contributed by atoms with Crippen molar-refractivity contribution in [3.8, 4) is 0 Å². The van der Waals surface area contributed by atoms with Crippen LogP contribution in [0.25, 0.3) is 0 Å². The van der Waals surface area contributed by atoms with Crippen molar-refractivity contribution in [3.63, 3.8) is 0 Å². The number of carbonyl (C=O) groups is 1. The summed E-state index contributed by atoms with van der Waals surface area (Å²) in [7, 11) is 0. The van der Waals surface area contributed by atoms with Crippen LogP contribution in [-0.2, 0) is 4.79 Å². The van der Waals surface area contributed by atoms with Gasteiger partial charge in [0.1, 0.15) is 5.78 Å². The number of anilines is 1. The summed E-state index contributed by atoms with van der Waals surface area (Å²) >= 11 is 0.